The predicted octanol–water partition coefficient (Wildman–Crippen LogP) is 3.15. The Kier molecular flexibility index (Phi) is 5.16. The molecule has 6 heteroatoms. The van der Waals surface area contributed by atoms with E-state index < -0.39 is 6.10 Å². The zero-order valence-electron chi connectivity index (χ0n) is 12.9. The van der Waals surface area contributed by atoms with Crippen molar-refractivity contribution in [1.82, 2.24) is 9.97 Å². The molecule has 1 atom stereocenters. The maximum Gasteiger partial charge on any atom is 0.158 e. The smallest absolute Gasteiger partial charge is 0.158 e. The fraction of sp³-hybridized carbons (Fsp3) is 0.167. The molecule has 2 heterocycles. The molecule has 0 aliphatic rings. The molecule has 120 valence electrons. The molecule has 0 radical (unpaired) electrons. The van der Waals surface area contributed by atoms with Crippen molar-refractivity contribution in [3.05, 3.63) is 76.4 Å². The van der Waals surface area contributed by atoms with Gasteiger partial charge in [0.1, 0.15) is 18.0 Å². The molecule has 0 bridgehead atoms. The first-order chi connectivity index (χ1) is 11.8. The van der Waals surface area contributed by atoms with Crippen LogP contribution in [0.5, 0.6) is 0 Å². The lowest BCUT2D eigenvalue weighted by atomic mass is 10.2. The topological polar surface area (TPSA) is 73.0 Å². The van der Waals surface area contributed by atoms with Crippen LogP contribution in [-0.2, 0) is 6.54 Å². The number of hydrogen-bond donors (Lipinski definition) is 1. The second-order valence-electron chi connectivity index (χ2n) is 5.27. The van der Waals surface area contributed by atoms with Crippen LogP contribution in [0.1, 0.15) is 22.2 Å². The maximum atomic E-state index is 10.5. The Balaban J connectivity index is 1.83. The van der Waals surface area contributed by atoms with Gasteiger partial charge in [-0.05, 0) is 17.0 Å². The molecule has 0 aliphatic heterocycles. The van der Waals surface area contributed by atoms with Gasteiger partial charge in [0.25, 0.3) is 0 Å². The van der Waals surface area contributed by atoms with Gasteiger partial charge >= 0.3 is 0 Å². The van der Waals surface area contributed by atoms with Crippen LogP contribution >= 0.6 is 11.3 Å². The van der Waals surface area contributed by atoms with E-state index >= 15 is 0 Å². The highest BCUT2D eigenvalue weighted by Crippen LogP contribution is 2.23. The Bertz CT molecular complexity index is 797. The third-order valence-corrected chi connectivity index (χ3v) is 4.53. The lowest BCUT2D eigenvalue weighted by Crippen LogP contribution is -2.29. The van der Waals surface area contributed by atoms with Gasteiger partial charge in [0.05, 0.1) is 18.9 Å². The first-order valence-corrected chi connectivity index (χ1v) is 8.36. The summed E-state index contributed by atoms with van der Waals surface area (Å²) in [5, 5.41) is 21.3. The number of rotatable bonds is 6. The van der Waals surface area contributed by atoms with E-state index in [0.717, 1.165) is 10.4 Å². The summed E-state index contributed by atoms with van der Waals surface area (Å²) in [5.41, 5.74) is 1.39. The highest BCUT2D eigenvalue weighted by atomic mass is 32.1. The first-order valence-electron chi connectivity index (χ1n) is 7.49. The minimum absolute atomic E-state index is 0.275. The van der Waals surface area contributed by atoms with Gasteiger partial charge in [0.2, 0.25) is 0 Å². The molecule has 0 fully saturated rings. The van der Waals surface area contributed by atoms with Crippen LogP contribution in [0, 0.1) is 11.3 Å². The van der Waals surface area contributed by atoms with Crippen LogP contribution in [0.3, 0.4) is 0 Å². The Labute approximate surface area is 144 Å². The number of aliphatic hydroxyl groups excluding tert-OH is 1. The van der Waals surface area contributed by atoms with Crippen LogP contribution in [0.25, 0.3) is 0 Å². The van der Waals surface area contributed by atoms with E-state index in [1.54, 1.807) is 6.20 Å². The highest BCUT2D eigenvalue weighted by molar-refractivity contribution is 7.10. The van der Waals surface area contributed by atoms with Gasteiger partial charge in [0.15, 0.2) is 5.69 Å². The monoisotopic (exact) mass is 336 g/mol. The van der Waals surface area contributed by atoms with E-state index in [4.69, 9.17) is 5.26 Å². The molecule has 1 unspecified atom stereocenters. The van der Waals surface area contributed by atoms with Gasteiger partial charge in [0, 0.05) is 11.4 Å². The van der Waals surface area contributed by atoms with Gasteiger partial charge in [-0.3, -0.25) is 0 Å². The second-order valence-corrected chi connectivity index (χ2v) is 6.25. The molecule has 24 heavy (non-hydrogen) atoms. The number of thiophene rings is 1. The van der Waals surface area contributed by atoms with Gasteiger partial charge in [-0.2, -0.15) is 5.26 Å². The quantitative estimate of drug-likeness (QED) is 0.748. The Morgan fingerprint density at radius 2 is 1.96 bits per heavy atom. The fourth-order valence-corrected chi connectivity index (χ4v) is 3.07. The van der Waals surface area contributed by atoms with Crippen molar-refractivity contribution in [2.24, 2.45) is 0 Å². The third-order valence-electron chi connectivity index (χ3n) is 3.56. The summed E-state index contributed by atoms with van der Waals surface area (Å²) in [5.74, 6) is 0.633. The van der Waals surface area contributed by atoms with Crippen LogP contribution in [0.2, 0.25) is 0 Å². The van der Waals surface area contributed by atoms with Crippen molar-refractivity contribution in [3.63, 3.8) is 0 Å². The molecule has 0 amide bonds. The maximum absolute atomic E-state index is 10.5. The Morgan fingerprint density at radius 3 is 2.58 bits per heavy atom. The minimum Gasteiger partial charge on any atom is -0.386 e. The van der Waals surface area contributed by atoms with Gasteiger partial charge in [-0.1, -0.05) is 36.4 Å². The standard InChI is InChI=1S/C18H16N4OS/c19-9-15-10-21-18(11-20-15)22(12-14-5-2-1-3-6-14)13-16(23)17-7-4-8-24-17/h1-8,10-11,16,23H,12-13H2. The summed E-state index contributed by atoms with van der Waals surface area (Å²) in [4.78, 5) is 11.3. The summed E-state index contributed by atoms with van der Waals surface area (Å²) >= 11 is 1.52. The van der Waals surface area contributed by atoms with Crippen molar-refractivity contribution in [1.29, 1.82) is 5.26 Å². The van der Waals surface area contributed by atoms with Crippen LogP contribution < -0.4 is 4.90 Å². The van der Waals surface area contributed by atoms with E-state index in [1.165, 1.54) is 17.5 Å². The SMILES string of the molecule is N#Cc1cnc(N(Cc2ccccc2)CC(O)c2cccs2)cn1. The molecule has 0 spiro atoms. The molecule has 0 saturated heterocycles. The zero-order chi connectivity index (χ0) is 16.8. The molecule has 1 N–H and O–H groups in total. The summed E-state index contributed by atoms with van der Waals surface area (Å²) < 4.78 is 0. The summed E-state index contributed by atoms with van der Waals surface area (Å²) in [7, 11) is 0. The molecule has 0 saturated carbocycles. The highest BCUT2D eigenvalue weighted by Gasteiger charge is 2.17. The minimum atomic E-state index is -0.605. The van der Waals surface area contributed by atoms with Gasteiger partial charge in [-0.25, -0.2) is 9.97 Å². The molecule has 0 aliphatic carbocycles. The van der Waals surface area contributed by atoms with Gasteiger partial charge in [-0.15, -0.1) is 11.3 Å². The van der Waals surface area contributed by atoms with Crippen LogP contribution in [0.15, 0.2) is 60.2 Å². The molecule has 3 rings (SSSR count). The Morgan fingerprint density at radius 1 is 1.12 bits per heavy atom. The molecular weight excluding hydrogens is 320 g/mol. The lowest BCUT2D eigenvalue weighted by Gasteiger charge is -2.25. The van der Waals surface area contributed by atoms with Crippen molar-refractivity contribution in [2.45, 2.75) is 12.6 Å². The summed E-state index contributed by atoms with van der Waals surface area (Å²) in [6.07, 6.45) is 2.42. The van der Waals surface area contributed by atoms with E-state index in [9.17, 15) is 5.11 Å². The summed E-state index contributed by atoms with van der Waals surface area (Å²) in [6, 6.07) is 15.8. The van der Waals surface area contributed by atoms with Crippen molar-refractivity contribution in [3.8, 4) is 6.07 Å². The normalized spacial score (nSPS) is 11.7. The van der Waals surface area contributed by atoms with Crippen molar-refractivity contribution < 1.29 is 5.11 Å². The number of hydrogen-bond acceptors (Lipinski definition) is 6. The van der Waals surface area contributed by atoms with Crippen LogP contribution in [0.4, 0.5) is 5.82 Å². The molecule has 3 aromatic rings. The van der Waals surface area contributed by atoms with E-state index in [2.05, 4.69) is 9.97 Å². The second kappa shape index (κ2) is 7.68. The van der Waals surface area contributed by atoms with E-state index in [1.807, 2.05) is 58.8 Å². The number of benzene rings is 1. The van der Waals surface area contributed by atoms with Crippen LogP contribution in [-0.4, -0.2) is 21.6 Å². The van der Waals surface area contributed by atoms with Gasteiger partial charge < -0.3 is 10.0 Å². The predicted molar refractivity (Wildman–Crippen MR) is 93.5 cm³/mol. The molecule has 1 aromatic carbocycles. The number of aromatic nitrogens is 2. The summed E-state index contributed by atoms with van der Waals surface area (Å²) in [6.45, 7) is 1.000. The lowest BCUT2D eigenvalue weighted by molar-refractivity contribution is 0.186. The average molecular weight is 336 g/mol. The number of nitriles is 1. The largest absolute Gasteiger partial charge is 0.386 e. The molecular formula is C18H16N4OS. The van der Waals surface area contributed by atoms with Crippen molar-refractivity contribution in [2.75, 3.05) is 11.4 Å². The number of nitrogens with zero attached hydrogens (tertiary/aromatic N) is 4. The zero-order valence-corrected chi connectivity index (χ0v) is 13.7. The van der Waals surface area contributed by atoms with Crippen molar-refractivity contribution >= 4 is 17.2 Å². The third kappa shape index (κ3) is 3.96. The average Bonchev–Trinajstić information content (AvgIpc) is 3.17. The number of aliphatic hydroxyl groups is 1. The van der Waals surface area contributed by atoms with E-state index in [-0.39, 0.29) is 5.69 Å². The Hall–Kier alpha value is -2.75. The fourth-order valence-electron chi connectivity index (χ4n) is 2.36. The first kappa shape index (κ1) is 16.1. The molecule has 2 aromatic heterocycles. The molecule has 5 nitrogen and oxygen atoms in total. The number of anilines is 1. The van der Waals surface area contributed by atoms with E-state index in [0.29, 0.717) is 18.9 Å².